The van der Waals surface area contributed by atoms with Crippen LogP contribution in [0.4, 0.5) is 0 Å². The molecule has 2 aromatic heterocycles. The van der Waals surface area contributed by atoms with Crippen molar-refractivity contribution in [1.29, 1.82) is 0 Å². The van der Waals surface area contributed by atoms with Crippen LogP contribution in [-0.4, -0.2) is 27.0 Å². The van der Waals surface area contributed by atoms with E-state index in [0.29, 0.717) is 24.3 Å². The number of para-hydroxylation sites is 1. The normalized spacial score (nSPS) is 10.8. The van der Waals surface area contributed by atoms with Crippen LogP contribution in [0.25, 0.3) is 10.9 Å². The third kappa shape index (κ3) is 3.17. The predicted molar refractivity (Wildman–Crippen MR) is 92.0 cm³/mol. The molecule has 6 nitrogen and oxygen atoms in total. The summed E-state index contributed by atoms with van der Waals surface area (Å²) in [5, 5.41) is 3.77. The number of fused-ring (bicyclic) bond motifs is 1. The molecule has 122 valence electrons. The van der Waals surface area contributed by atoms with Crippen LogP contribution < -0.4 is 10.9 Å². The van der Waals surface area contributed by atoms with Crippen LogP contribution in [0.5, 0.6) is 0 Å². The van der Waals surface area contributed by atoms with Crippen LogP contribution in [0.1, 0.15) is 21.7 Å². The van der Waals surface area contributed by atoms with Gasteiger partial charge in [-0.3, -0.25) is 14.2 Å². The molecule has 2 heterocycles. The smallest absolute Gasteiger partial charge is 0.269 e. The summed E-state index contributed by atoms with van der Waals surface area (Å²) >= 11 is 0. The van der Waals surface area contributed by atoms with E-state index in [0.717, 1.165) is 16.6 Å². The van der Waals surface area contributed by atoms with Gasteiger partial charge in [0.05, 0.1) is 11.8 Å². The third-order valence-corrected chi connectivity index (χ3v) is 3.98. The summed E-state index contributed by atoms with van der Waals surface area (Å²) in [6.45, 7) is 4.25. The van der Waals surface area contributed by atoms with Crippen molar-refractivity contribution in [3.63, 3.8) is 0 Å². The first kappa shape index (κ1) is 15.9. The highest BCUT2D eigenvalue weighted by Crippen LogP contribution is 2.11. The van der Waals surface area contributed by atoms with E-state index < -0.39 is 0 Å². The number of aromatic nitrogens is 3. The van der Waals surface area contributed by atoms with Crippen LogP contribution in [0.15, 0.2) is 47.5 Å². The minimum atomic E-state index is -0.259. The van der Waals surface area contributed by atoms with Crippen LogP contribution in [0.2, 0.25) is 0 Å². The molecule has 24 heavy (non-hydrogen) atoms. The lowest BCUT2D eigenvalue weighted by molar-refractivity contribution is 0.0947. The zero-order valence-corrected chi connectivity index (χ0v) is 13.6. The molecule has 1 amide bonds. The third-order valence-electron chi connectivity index (χ3n) is 3.98. The van der Waals surface area contributed by atoms with Gasteiger partial charge >= 0.3 is 0 Å². The molecular weight excluding hydrogens is 304 g/mol. The molecule has 0 spiro atoms. The highest BCUT2D eigenvalue weighted by atomic mass is 16.2. The molecule has 0 radical (unpaired) electrons. The van der Waals surface area contributed by atoms with Crippen molar-refractivity contribution >= 4 is 16.8 Å². The molecule has 0 aliphatic heterocycles. The van der Waals surface area contributed by atoms with Crippen molar-refractivity contribution in [2.75, 3.05) is 6.54 Å². The van der Waals surface area contributed by atoms with Gasteiger partial charge in [-0.05, 0) is 26.0 Å². The lowest BCUT2D eigenvalue weighted by atomic mass is 10.2. The van der Waals surface area contributed by atoms with E-state index >= 15 is 0 Å². The first-order valence-electron chi connectivity index (χ1n) is 7.73. The summed E-state index contributed by atoms with van der Waals surface area (Å²) in [7, 11) is 0. The number of rotatable bonds is 4. The number of hydrogen-bond acceptors (Lipinski definition) is 4. The fraction of sp³-hybridized carbons (Fsp3) is 0.222. The van der Waals surface area contributed by atoms with Gasteiger partial charge in [0.15, 0.2) is 0 Å². The van der Waals surface area contributed by atoms with Gasteiger partial charge in [0.2, 0.25) is 0 Å². The Bertz CT molecular complexity index is 963. The maximum Gasteiger partial charge on any atom is 0.269 e. The van der Waals surface area contributed by atoms with Gasteiger partial charge in [0.25, 0.3) is 11.5 Å². The number of carbonyl (C=O) groups is 1. The van der Waals surface area contributed by atoms with E-state index in [2.05, 4.69) is 15.3 Å². The molecule has 3 rings (SSSR count). The number of pyridine rings is 1. The van der Waals surface area contributed by atoms with Gasteiger partial charge in [-0.15, -0.1) is 0 Å². The second-order valence-corrected chi connectivity index (χ2v) is 5.60. The SMILES string of the molecule is Cc1ncn(CCNC(=O)c2ccc3ccccc3n2)c(=O)c1C. The Morgan fingerprint density at radius 1 is 1.17 bits per heavy atom. The zero-order chi connectivity index (χ0) is 17.1. The lowest BCUT2D eigenvalue weighted by Crippen LogP contribution is -2.32. The standard InChI is InChI=1S/C18H18N4O2/c1-12-13(2)20-11-22(18(12)24)10-9-19-17(23)16-8-7-14-5-3-4-6-15(14)21-16/h3-8,11H,9-10H2,1-2H3,(H,19,23). The van der Waals surface area contributed by atoms with E-state index in [1.54, 1.807) is 19.9 Å². The van der Waals surface area contributed by atoms with E-state index in [-0.39, 0.29) is 11.5 Å². The highest BCUT2D eigenvalue weighted by Gasteiger charge is 2.08. The largest absolute Gasteiger partial charge is 0.349 e. The van der Waals surface area contributed by atoms with Crippen molar-refractivity contribution in [2.24, 2.45) is 0 Å². The van der Waals surface area contributed by atoms with E-state index in [1.165, 1.54) is 10.9 Å². The second kappa shape index (κ2) is 6.62. The average Bonchev–Trinajstić information content (AvgIpc) is 2.61. The number of hydrogen-bond donors (Lipinski definition) is 1. The molecule has 0 unspecified atom stereocenters. The molecule has 0 aliphatic carbocycles. The van der Waals surface area contributed by atoms with Gasteiger partial charge < -0.3 is 5.32 Å². The van der Waals surface area contributed by atoms with Crippen LogP contribution >= 0.6 is 0 Å². The first-order valence-corrected chi connectivity index (χ1v) is 7.73. The Balaban J connectivity index is 1.67. The summed E-state index contributed by atoms with van der Waals surface area (Å²) in [6, 6.07) is 11.2. The van der Waals surface area contributed by atoms with Crippen molar-refractivity contribution in [2.45, 2.75) is 20.4 Å². The first-order chi connectivity index (χ1) is 11.6. The number of aryl methyl sites for hydroxylation is 1. The summed E-state index contributed by atoms with van der Waals surface area (Å²) in [4.78, 5) is 32.8. The predicted octanol–water partition coefficient (Wildman–Crippen LogP) is 1.84. The average molecular weight is 322 g/mol. The Labute approximate surface area is 139 Å². The van der Waals surface area contributed by atoms with E-state index in [4.69, 9.17) is 0 Å². The highest BCUT2D eigenvalue weighted by molar-refractivity contribution is 5.94. The number of nitrogens with one attached hydrogen (secondary N) is 1. The number of nitrogens with zero attached hydrogens (tertiary/aromatic N) is 3. The van der Waals surface area contributed by atoms with Crippen molar-refractivity contribution in [3.05, 3.63) is 70.0 Å². The molecule has 1 N–H and O–H groups in total. The summed E-state index contributed by atoms with van der Waals surface area (Å²) < 4.78 is 1.50. The van der Waals surface area contributed by atoms with Crippen molar-refractivity contribution < 1.29 is 4.79 Å². The van der Waals surface area contributed by atoms with Crippen molar-refractivity contribution in [1.82, 2.24) is 19.9 Å². The summed E-state index contributed by atoms with van der Waals surface area (Å²) in [5.74, 6) is -0.259. The second-order valence-electron chi connectivity index (χ2n) is 5.60. The van der Waals surface area contributed by atoms with Gasteiger partial charge in [-0.2, -0.15) is 0 Å². The minimum Gasteiger partial charge on any atom is -0.349 e. The maximum atomic E-state index is 12.2. The Morgan fingerprint density at radius 3 is 2.79 bits per heavy atom. The minimum absolute atomic E-state index is 0.0828. The van der Waals surface area contributed by atoms with Crippen molar-refractivity contribution in [3.8, 4) is 0 Å². The molecule has 0 saturated heterocycles. The molecule has 0 saturated carbocycles. The van der Waals surface area contributed by atoms with Crippen LogP contribution in [-0.2, 0) is 6.54 Å². The summed E-state index contributed by atoms with van der Waals surface area (Å²) in [5.41, 5.74) is 2.40. The van der Waals surface area contributed by atoms with Gasteiger partial charge in [0.1, 0.15) is 5.69 Å². The molecule has 0 bridgehead atoms. The van der Waals surface area contributed by atoms with Crippen LogP contribution in [0, 0.1) is 13.8 Å². The van der Waals surface area contributed by atoms with Gasteiger partial charge in [0, 0.05) is 29.7 Å². The fourth-order valence-corrected chi connectivity index (χ4v) is 2.41. The number of amides is 1. The molecular formula is C18H18N4O2. The quantitative estimate of drug-likeness (QED) is 0.795. The molecule has 6 heteroatoms. The maximum absolute atomic E-state index is 12.2. The Kier molecular flexibility index (Phi) is 4.37. The molecule has 1 aromatic carbocycles. The lowest BCUT2D eigenvalue weighted by Gasteiger charge is -2.09. The van der Waals surface area contributed by atoms with Gasteiger partial charge in [-0.25, -0.2) is 9.97 Å². The Morgan fingerprint density at radius 2 is 1.96 bits per heavy atom. The Hall–Kier alpha value is -3.02. The summed E-state index contributed by atoms with van der Waals surface area (Å²) in [6.07, 6.45) is 1.51. The fourth-order valence-electron chi connectivity index (χ4n) is 2.41. The topological polar surface area (TPSA) is 76.9 Å². The number of benzene rings is 1. The molecule has 3 aromatic rings. The van der Waals surface area contributed by atoms with E-state index in [1.807, 2.05) is 30.3 Å². The monoisotopic (exact) mass is 322 g/mol. The van der Waals surface area contributed by atoms with E-state index in [9.17, 15) is 9.59 Å². The molecule has 0 atom stereocenters. The zero-order valence-electron chi connectivity index (χ0n) is 13.6. The molecule has 0 fully saturated rings. The molecule has 0 aliphatic rings. The van der Waals surface area contributed by atoms with Gasteiger partial charge in [-0.1, -0.05) is 24.3 Å². The number of carbonyl (C=O) groups excluding carboxylic acids is 1. The van der Waals surface area contributed by atoms with Crippen LogP contribution in [0.3, 0.4) is 0 Å².